The summed E-state index contributed by atoms with van der Waals surface area (Å²) in [5.74, 6) is 0.191. The van der Waals surface area contributed by atoms with Crippen LogP contribution >= 0.6 is 0 Å². The first-order valence-electron chi connectivity index (χ1n) is 12.0. The Hall–Kier alpha value is -2.37. The van der Waals surface area contributed by atoms with E-state index in [1.165, 1.54) is 5.56 Å². The second kappa shape index (κ2) is 10.1. The average Bonchev–Trinajstić information content (AvgIpc) is 3.39. The van der Waals surface area contributed by atoms with Gasteiger partial charge in [-0.25, -0.2) is 0 Å². The minimum atomic E-state index is -1.41. The Bertz CT molecular complexity index is 872. The van der Waals surface area contributed by atoms with E-state index in [4.69, 9.17) is 0 Å². The Labute approximate surface area is 191 Å². The van der Waals surface area contributed by atoms with Crippen molar-refractivity contribution in [1.29, 1.82) is 0 Å². The van der Waals surface area contributed by atoms with Crippen LogP contribution in [0.4, 0.5) is 0 Å². The third-order valence-electron chi connectivity index (χ3n) is 7.55. The van der Waals surface area contributed by atoms with Gasteiger partial charge in [0.2, 0.25) is 0 Å². The number of nitrogens with zero attached hydrogens (tertiary/aromatic N) is 2. The van der Waals surface area contributed by atoms with E-state index < -0.39 is 5.60 Å². The summed E-state index contributed by atoms with van der Waals surface area (Å²) in [5, 5.41) is 21.2. The molecule has 1 amide bonds. The molecule has 0 spiro atoms. The predicted octanol–water partition coefficient (Wildman–Crippen LogP) is 3.94. The summed E-state index contributed by atoms with van der Waals surface area (Å²) >= 11 is 0. The summed E-state index contributed by atoms with van der Waals surface area (Å²) in [5.41, 5.74) is 0.548. The molecule has 2 aromatic rings. The number of likely N-dealkylation sites (N-methyl/N-ethyl adjacent to an activating group) is 1. The summed E-state index contributed by atoms with van der Waals surface area (Å²) in [7, 11) is 2.15. The van der Waals surface area contributed by atoms with Gasteiger partial charge in [-0.05, 0) is 62.4 Å². The standard InChI is InChI=1S/C27H36N2O3/c1-28(18-15-21-11-13-25(30)14-12-21)24-16-19-29(20-17-24)26(31)27(32,23-9-5-6-10-23)22-7-3-2-4-8-22/h2-4,7-8,11-14,23-24,30,32H,5-6,9-10,15-20H2,1H3. The van der Waals surface area contributed by atoms with E-state index in [0.29, 0.717) is 24.9 Å². The highest BCUT2D eigenvalue weighted by molar-refractivity contribution is 5.87. The fraction of sp³-hybridized carbons (Fsp3) is 0.519. The minimum absolute atomic E-state index is 0.00288. The number of likely N-dealkylation sites (tertiary alicyclic amines) is 1. The van der Waals surface area contributed by atoms with Crippen LogP contribution in [0, 0.1) is 5.92 Å². The van der Waals surface area contributed by atoms with Crippen LogP contribution < -0.4 is 0 Å². The zero-order valence-corrected chi connectivity index (χ0v) is 19.1. The summed E-state index contributed by atoms with van der Waals surface area (Å²) in [4.78, 5) is 17.9. The van der Waals surface area contributed by atoms with Crippen molar-refractivity contribution < 1.29 is 15.0 Å². The van der Waals surface area contributed by atoms with Crippen LogP contribution in [-0.2, 0) is 16.8 Å². The molecule has 4 rings (SSSR count). The molecule has 5 nitrogen and oxygen atoms in total. The van der Waals surface area contributed by atoms with E-state index >= 15 is 0 Å². The summed E-state index contributed by atoms with van der Waals surface area (Å²) in [6.07, 6.45) is 6.77. The molecule has 1 saturated heterocycles. The Morgan fingerprint density at radius 2 is 1.62 bits per heavy atom. The lowest BCUT2D eigenvalue weighted by Gasteiger charge is -2.42. The first kappa shape index (κ1) is 22.8. The molecular weight excluding hydrogens is 400 g/mol. The Morgan fingerprint density at radius 1 is 1.00 bits per heavy atom. The number of piperidine rings is 1. The molecule has 1 aliphatic heterocycles. The number of rotatable bonds is 7. The van der Waals surface area contributed by atoms with Gasteiger partial charge >= 0.3 is 0 Å². The van der Waals surface area contributed by atoms with Crippen molar-refractivity contribution in [3.8, 4) is 5.75 Å². The third-order valence-corrected chi connectivity index (χ3v) is 7.55. The molecule has 2 fully saturated rings. The average molecular weight is 437 g/mol. The molecule has 1 atom stereocenters. The molecule has 5 heteroatoms. The van der Waals surface area contributed by atoms with E-state index in [-0.39, 0.29) is 11.8 Å². The molecule has 2 aromatic carbocycles. The maximum absolute atomic E-state index is 13.7. The second-order valence-corrected chi connectivity index (χ2v) is 9.53. The molecule has 0 radical (unpaired) electrons. The van der Waals surface area contributed by atoms with Gasteiger partial charge in [0.25, 0.3) is 5.91 Å². The molecule has 2 N–H and O–H groups in total. The zero-order valence-electron chi connectivity index (χ0n) is 19.1. The lowest BCUT2D eigenvalue weighted by Crippen LogP contribution is -2.54. The number of hydrogen-bond donors (Lipinski definition) is 2. The molecule has 0 bridgehead atoms. The number of phenols is 1. The quantitative estimate of drug-likeness (QED) is 0.690. The highest BCUT2D eigenvalue weighted by atomic mass is 16.3. The van der Waals surface area contributed by atoms with Crippen LogP contribution in [0.15, 0.2) is 54.6 Å². The molecule has 1 unspecified atom stereocenters. The lowest BCUT2D eigenvalue weighted by atomic mass is 9.78. The summed E-state index contributed by atoms with van der Waals surface area (Å²) in [6, 6.07) is 17.4. The van der Waals surface area contributed by atoms with Gasteiger partial charge in [0.05, 0.1) is 0 Å². The molecule has 172 valence electrons. The van der Waals surface area contributed by atoms with Crippen LogP contribution in [0.2, 0.25) is 0 Å². The number of carbonyl (C=O) groups is 1. The number of amides is 1. The summed E-state index contributed by atoms with van der Waals surface area (Å²) in [6.45, 7) is 2.32. The predicted molar refractivity (Wildman–Crippen MR) is 126 cm³/mol. The SMILES string of the molecule is CN(CCc1ccc(O)cc1)C1CCN(C(=O)C(O)(c2ccccc2)C2CCCC2)CC1. The fourth-order valence-corrected chi connectivity index (χ4v) is 5.47. The molecule has 1 aliphatic carbocycles. The molecule has 32 heavy (non-hydrogen) atoms. The van der Waals surface area contributed by atoms with Crippen LogP contribution in [0.5, 0.6) is 5.75 Å². The zero-order chi connectivity index (χ0) is 22.6. The van der Waals surface area contributed by atoms with Crippen molar-refractivity contribution in [2.24, 2.45) is 5.92 Å². The Kier molecular flexibility index (Phi) is 7.17. The van der Waals surface area contributed by atoms with Gasteiger partial charge in [-0.3, -0.25) is 4.79 Å². The van der Waals surface area contributed by atoms with Crippen LogP contribution in [-0.4, -0.2) is 58.6 Å². The monoisotopic (exact) mass is 436 g/mol. The number of aromatic hydroxyl groups is 1. The van der Waals surface area contributed by atoms with Crippen molar-refractivity contribution in [3.63, 3.8) is 0 Å². The van der Waals surface area contributed by atoms with Crippen molar-refractivity contribution >= 4 is 5.91 Å². The van der Waals surface area contributed by atoms with Crippen LogP contribution in [0.3, 0.4) is 0 Å². The van der Waals surface area contributed by atoms with E-state index in [1.807, 2.05) is 47.4 Å². The number of carbonyl (C=O) groups excluding carboxylic acids is 1. The fourth-order valence-electron chi connectivity index (χ4n) is 5.47. The normalized spacial score (nSPS) is 19.9. The molecule has 1 heterocycles. The maximum Gasteiger partial charge on any atom is 0.259 e. The molecular formula is C27H36N2O3. The van der Waals surface area contributed by atoms with Gasteiger partial charge in [0.15, 0.2) is 5.60 Å². The van der Waals surface area contributed by atoms with E-state index in [0.717, 1.165) is 57.1 Å². The van der Waals surface area contributed by atoms with E-state index in [2.05, 4.69) is 11.9 Å². The van der Waals surface area contributed by atoms with Gasteiger partial charge in [0.1, 0.15) is 5.75 Å². The highest BCUT2D eigenvalue weighted by Gasteiger charge is 2.48. The largest absolute Gasteiger partial charge is 0.508 e. The first-order chi connectivity index (χ1) is 15.5. The van der Waals surface area contributed by atoms with Crippen LogP contribution in [0.25, 0.3) is 0 Å². The third kappa shape index (κ3) is 4.84. The lowest BCUT2D eigenvalue weighted by molar-refractivity contribution is -0.161. The van der Waals surface area contributed by atoms with Crippen molar-refractivity contribution in [2.45, 2.75) is 56.6 Å². The van der Waals surface area contributed by atoms with Gasteiger partial charge in [0, 0.05) is 31.6 Å². The van der Waals surface area contributed by atoms with Crippen molar-refractivity contribution in [1.82, 2.24) is 9.80 Å². The maximum atomic E-state index is 13.7. The smallest absolute Gasteiger partial charge is 0.259 e. The van der Waals surface area contributed by atoms with Crippen LogP contribution in [0.1, 0.15) is 49.7 Å². The van der Waals surface area contributed by atoms with Crippen molar-refractivity contribution in [3.05, 3.63) is 65.7 Å². The topological polar surface area (TPSA) is 64.0 Å². The van der Waals surface area contributed by atoms with E-state index in [9.17, 15) is 15.0 Å². The summed E-state index contributed by atoms with van der Waals surface area (Å²) < 4.78 is 0. The first-order valence-corrected chi connectivity index (χ1v) is 12.0. The van der Waals surface area contributed by atoms with E-state index in [1.54, 1.807) is 12.1 Å². The number of phenolic OH excluding ortho intramolecular Hbond substituents is 1. The number of hydrogen-bond acceptors (Lipinski definition) is 4. The molecule has 1 saturated carbocycles. The highest BCUT2D eigenvalue weighted by Crippen LogP contribution is 2.42. The Balaban J connectivity index is 1.37. The number of aliphatic hydroxyl groups is 1. The second-order valence-electron chi connectivity index (χ2n) is 9.53. The molecule has 2 aliphatic rings. The number of benzene rings is 2. The van der Waals surface area contributed by atoms with Gasteiger partial charge < -0.3 is 20.0 Å². The minimum Gasteiger partial charge on any atom is -0.508 e. The van der Waals surface area contributed by atoms with Gasteiger partial charge in [-0.15, -0.1) is 0 Å². The van der Waals surface area contributed by atoms with Crippen molar-refractivity contribution in [2.75, 3.05) is 26.7 Å². The Morgan fingerprint density at radius 3 is 2.25 bits per heavy atom. The van der Waals surface area contributed by atoms with Gasteiger partial charge in [-0.2, -0.15) is 0 Å². The van der Waals surface area contributed by atoms with Gasteiger partial charge in [-0.1, -0.05) is 55.3 Å². The molecule has 0 aromatic heterocycles.